The molecule has 0 spiro atoms. The molecule has 0 atom stereocenters. The van der Waals surface area contributed by atoms with Crippen molar-refractivity contribution in [3.8, 4) is 17.0 Å². The second-order valence-electron chi connectivity index (χ2n) is 6.37. The number of anilines is 1. The summed E-state index contributed by atoms with van der Waals surface area (Å²) < 4.78 is 5.46. The zero-order chi connectivity index (χ0) is 18.8. The van der Waals surface area contributed by atoms with Crippen LogP contribution in [0.5, 0.6) is 5.75 Å². The van der Waals surface area contributed by atoms with Crippen LogP contribution in [-0.2, 0) is 0 Å². The number of thiazole rings is 1. The molecule has 0 N–H and O–H groups in total. The lowest BCUT2D eigenvalue weighted by Gasteiger charge is -2.14. The van der Waals surface area contributed by atoms with Gasteiger partial charge in [0.1, 0.15) is 5.75 Å². The van der Waals surface area contributed by atoms with Crippen LogP contribution in [0.25, 0.3) is 11.3 Å². The Morgan fingerprint density at radius 2 is 1.92 bits per heavy atom. The Bertz CT molecular complexity index is 962. The van der Waals surface area contributed by atoms with Crippen LogP contribution >= 0.6 is 11.3 Å². The summed E-state index contributed by atoms with van der Waals surface area (Å²) >= 11 is 1.46. The van der Waals surface area contributed by atoms with Gasteiger partial charge in [-0.15, -0.1) is 11.3 Å². The van der Waals surface area contributed by atoms with Gasteiger partial charge < -0.3 is 4.74 Å². The molecule has 0 aliphatic heterocycles. The molecule has 2 aromatic carbocycles. The lowest BCUT2D eigenvalue weighted by Crippen LogP contribution is -2.26. The van der Waals surface area contributed by atoms with Gasteiger partial charge in [-0.25, -0.2) is 4.98 Å². The summed E-state index contributed by atoms with van der Waals surface area (Å²) in [6.07, 6.45) is 0. The highest BCUT2D eigenvalue weighted by molar-refractivity contribution is 7.14. The number of methoxy groups -OCH3 is 1. The maximum Gasteiger partial charge on any atom is 0.259 e. The third-order valence-corrected chi connectivity index (χ3v) is 5.40. The topological polar surface area (TPSA) is 42.4 Å². The van der Waals surface area contributed by atoms with E-state index in [0.29, 0.717) is 10.7 Å². The fourth-order valence-electron chi connectivity index (χ4n) is 2.80. The van der Waals surface area contributed by atoms with Gasteiger partial charge >= 0.3 is 0 Å². The van der Waals surface area contributed by atoms with Crippen LogP contribution < -0.4 is 9.64 Å². The van der Waals surface area contributed by atoms with Gasteiger partial charge in [0.25, 0.3) is 5.91 Å². The highest BCUT2D eigenvalue weighted by Gasteiger charge is 2.18. The molecule has 0 unspecified atom stereocenters. The van der Waals surface area contributed by atoms with Gasteiger partial charge in [0.15, 0.2) is 5.13 Å². The van der Waals surface area contributed by atoms with Crippen molar-refractivity contribution in [2.45, 2.75) is 20.8 Å². The predicted molar refractivity (Wildman–Crippen MR) is 107 cm³/mol. The number of carbonyl (C=O) groups excluding carboxylic acids is 1. The van der Waals surface area contributed by atoms with Crippen molar-refractivity contribution in [1.82, 2.24) is 4.98 Å². The predicted octanol–water partition coefficient (Wildman–Crippen LogP) is 5.02. The first-order chi connectivity index (χ1) is 12.4. The molecular formula is C21H22N2O2S. The number of aromatic nitrogens is 1. The Hall–Kier alpha value is -2.66. The summed E-state index contributed by atoms with van der Waals surface area (Å²) in [5, 5.41) is 2.64. The molecule has 0 saturated heterocycles. The summed E-state index contributed by atoms with van der Waals surface area (Å²) in [6.45, 7) is 6.08. The van der Waals surface area contributed by atoms with Crippen molar-refractivity contribution in [1.29, 1.82) is 0 Å². The molecule has 0 radical (unpaired) electrons. The Balaban J connectivity index is 1.90. The van der Waals surface area contributed by atoms with Crippen LogP contribution in [-0.4, -0.2) is 25.0 Å². The van der Waals surface area contributed by atoms with E-state index in [1.54, 1.807) is 19.1 Å². The highest BCUT2D eigenvalue weighted by atomic mass is 32.1. The fraction of sp³-hybridized carbons (Fsp3) is 0.238. The van der Waals surface area contributed by atoms with Crippen LogP contribution in [0.1, 0.15) is 27.0 Å². The minimum Gasteiger partial charge on any atom is -0.496 e. The summed E-state index contributed by atoms with van der Waals surface area (Å²) in [5.74, 6) is 0.783. The number of hydrogen-bond acceptors (Lipinski definition) is 4. The van der Waals surface area contributed by atoms with Gasteiger partial charge in [-0.1, -0.05) is 17.7 Å². The van der Waals surface area contributed by atoms with Gasteiger partial charge in [-0.05, 0) is 56.2 Å². The maximum atomic E-state index is 12.7. The van der Waals surface area contributed by atoms with E-state index in [2.05, 4.69) is 18.0 Å². The summed E-state index contributed by atoms with van der Waals surface area (Å²) in [5.41, 5.74) is 5.83. The molecular weight excluding hydrogens is 344 g/mol. The van der Waals surface area contributed by atoms with Crippen LogP contribution in [0, 0.1) is 20.8 Å². The fourth-order valence-corrected chi connectivity index (χ4v) is 3.59. The average molecular weight is 366 g/mol. The lowest BCUT2D eigenvalue weighted by atomic mass is 10.0. The molecule has 1 amide bonds. The minimum absolute atomic E-state index is 0.0627. The number of benzene rings is 2. The normalized spacial score (nSPS) is 10.7. The molecule has 3 aromatic rings. The van der Waals surface area contributed by atoms with E-state index >= 15 is 0 Å². The highest BCUT2D eigenvalue weighted by Crippen LogP contribution is 2.32. The third-order valence-electron chi connectivity index (χ3n) is 4.48. The summed E-state index contributed by atoms with van der Waals surface area (Å²) in [6, 6.07) is 11.7. The number of rotatable bonds is 4. The standard InChI is InChI=1S/C21H22N2O2S/c1-13-7-6-8-16(9-13)20(24)23(4)21-22-18(12-26-21)17-10-14(2)15(3)19(11-17)25-5/h6-12H,1-5H3. The number of nitrogens with zero attached hydrogens (tertiary/aromatic N) is 2. The molecule has 0 fully saturated rings. The van der Waals surface area contributed by atoms with Crippen LogP contribution in [0.4, 0.5) is 5.13 Å². The van der Waals surface area contributed by atoms with Crippen molar-refractivity contribution < 1.29 is 9.53 Å². The third kappa shape index (κ3) is 3.48. The zero-order valence-electron chi connectivity index (χ0n) is 15.7. The van der Waals surface area contributed by atoms with Crippen molar-refractivity contribution in [2.24, 2.45) is 0 Å². The van der Waals surface area contributed by atoms with Gasteiger partial charge in [0, 0.05) is 23.6 Å². The van der Waals surface area contributed by atoms with E-state index in [9.17, 15) is 4.79 Å². The minimum atomic E-state index is -0.0627. The SMILES string of the molecule is COc1cc(-c2csc(N(C)C(=O)c3cccc(C)c3)n2)cc(C)c1C. The van der Waals surface area contributed by atoms with Gasteiger partial charge in [-0.2, -0.15) is 0 Å². The first-order valence-electron chi connectivity index (χ1n) is 8.36. The number of hydrogen-bond donors (Lipinski definition) is 0. The van der Waals surface area contributed by atoms with E-state index in [-0.39, 0.29) is 5.91 Å². The molecule has 134 valence electrons. The molecule has 4 nitrogen and oxygen atoms in total. The smallest absolute Gasteiger partial charge is 0.259 e. The van der Waals surface area contributed by atoms with Gasteiger partial charge in [0.05, 0.1) is 12.8 Å². The number of amides is 1. The molecule has 0 bridgehead atoms. The molecule has 1 aromatic heterocycles. The average Bonchev–Trinajstić information content (AvgIpc) is 3.12. The van der Waals surface area contributed by atoms with Gasteiger partial charge in [-0.3, -0.25) is 9.69 Å². The summed E-state index contributed by atoms with van der Waals surface area (Å²) in [4.78, 5) is 19.0. The molecule has 0 aliphatic rings. The molecule has 0 saturated carbocycles. The lowest BCUT2D eigenvalue weighted by molar-refractivity contribution is 0.0993. The van der Waals surface area contributed by atoms with E-state index in [1.807, 2.05) is 49.6 Å². The quantitative estimate of drug-likeness (QED) is 0.651. The van der Waals surface area contributed by atoms with Crippen LogP contribution in [0.15, 0.2) is 41.8 Å². The van der Waals surface area contributed by atoms with Crippen molar-refractivity contribution in [3.05, 3.63) is 64.0 Å². The Morgan fingerprint density at radius 1 is 1.15 bits per heavy atom. The second-order valence-corrected chi connectivity index (χ2v) is 7.21. The van der Waals surface area contributed by atoms with Crippen LogP contribution in [0.3, 0.4) is 0 Å². The van der Waals surface area contributed by atoms with Crippen molar-refractivity contribution in [3.63, 3.8) is 0 Å². The molecule has 0 aliphatic carbocycles. The monoisotopic (exact) mass is 366 g/mol. The first-order valence-corrected chi connectivity index (χ1v) is 9.24. The Labute approximate surface area is 158 Å². The van der Waals surface area contributed by atoms with Crippen LogP contribution in [0.2, 0.25) is 0 Å². The molecule has 5 heteroatoms. The molecule has 3 rings (SSSR count). The number of aryl methyl sites for hydroxylation is 2. The largest absolute Gasteiger partial charge is 0.496 e. The zero-order valence-corrected chi connectivity index (χ0v) is 16.5. The van der Waals surface area contributed by atoms with Crippen molar-refractivity contribution in [2.75, 3.05) is 19.1 Å². The van der Waals surface area contributed by atoms with Crippen molar-refractivity contribution >= 4 is 22.4 Å². The molecule has 1 heterocycles. The molecule has 26 heavy (non-hydrogen) atoms. The maximum absolute atomic E-state index is 12.7. The van der Waals surface area contributed by atoms with E-state index in [0.717, 1.165) is 33.7 Å². The van der Waals surface area contributed by atoms with E-state index in [4.69, 9.17) is 4.74 Å². The first kappa shape index (κ1) is 18.1. The summed E-state index contributed by atoms with van der Waals surface area (Å²) in [7, 11) is 3.43. The van der Waals surface area contributed by atoms with Gasteiger partial charge in [0.2, 0.25) is 0 Å². The second kappa shape index (κ2) is 7.30. The number of carbonyl (C=O) groups is 1. The van der Waals surface area contributed by atoms with E-state index in [1.165, 1.54) is 11.3 Å². The number of ether oxygens (including phenoxy) is 1. The van der Waals surface area contributed by atoms with E-state index < -0.39 is 0 Å². The Morgan fingerprint density at radius 3 is 2.62 bits per heavy atom. The Kier molecular flexibility index (Phi) is 5.09.